The number of rotatable bonds is 10. The number of hydrogen-bond acceptors (Lipinski definition) is 6. The topological polar surface area (TPSA) is 118 Å². The molecule has 9 nitrogen and oxygen atoms in total. The molecule has 170 valence electrons. The van der Waals surface area contributed by atoms with Crippen molar-refractivity contribution in [3.8, 4) is 5.75 Å². The maximum absolute atomic E-state index is 12.0. The number of nitrogens with zero attached hydrogens (tertiary/aromatic N) is 1. The zero-order valence-electron chi connectivity index (χ0n) is 17.8. The van der Waals surface area contributed by atoms with Crippen LogP contribution in [-0.2, 0) is 19.1 Å². The van der Waals surface area contributed by atoms with Crippen molar-refractivity contribution in [2.45, 2.75) is 13.3 Å². The first kappa shape index (κ1) is 24.8. The molecule has 0 bridgehead atoms. The minimum Gasteiger partial charge on any atom is -0.482 e. The van der Waals surface area contributed by atoms with Gasteiger partial charge in [0.05, 0.1) is 11.2 Å². The second-order valence-electron chi connectivity index (χ2n) is 6.69. The highest BCUT2D eigenvalue weighted by Crippen LogP contribution is 2.25. The molecule has 2 aromatic carbocycles. The summed E-state index contributed by atoms with van der Waals surface area (Å²) in [6.45, 7) is 2.56. The van der Waals surface area contributed by atoms with Crippen molar-refractivity contribution in [1.29, 1.82) is 0 Å². The fourth-order valence-electron chi connectivity index (χ4n) is 2.41. The first-order valence-corrected chi connectivity index (χ1v) is 10.2. The number of anilines is 1. The molecule has 0 fully saturated rings. The van der Waals surface area contributed by atoms with E-state index in [9.17, 15) is 14.4 Å². The van der Waals surface area contributed by atoms with Crippen LogP contribution in [-0.4, -0.2) is 50.8 Å². The Balaban J connectivity index is 1.79. The molecule has 0 heterocycles. The van der Waals surface area contributed by atoms with Gasteiger partial charge >= 0.3 is 11.8 Å². The van der Waals surface area contributed by atoms with Gasteiger partial charge in [-0.25, -0.2) is 5.43 Å². The summed E-state index contributed by atoms with van der Waals surface area (Å²) < 4.78 is 10.3. The Morgan fingerprint density at radius 3 is 2.53 bits per heavy atom. The number of benzene rings is 2. The number of hydrogen-bond donors (Lipinski definition) is 3. The van der Waals surface area contributed by atoms with Crippen molar-refractivity contribution in [3.63, 3.8) is 0 Å². The van der Waals surface area contributed by atoms with Crippen molar-refractivity contribution in [3.05, 3.63) is 58.6 Å². The predicted octanol–water partition coefficient (Wildman–Crippen LogP) is 2.27. The van der Waals surface area contributed by atoms with Crippen molar-refractivity contribution in [2.24, 2.45) is 5.10 Å². The van der Waals surface area contributed by atoms with E-state index in [1.807, 2.05) is 19.1 Å². The van der Waals surface area contributed by atoms with E-state index < -0.39 is 11.8 Å². The first-order chi connectivity index (χ1) is 15.4. The van der Waals surface area contributed by atoms with Gasteiger partial charge in [-0.2, -0.15) is 5.10 Å². The maximum atomic E-state index is 12.0. The third-order valence-corrected chi connectivity index (χ3v) is 4.34. The summed E-state index contributed by atoms with van der Waals surface area (Å²) in [5, 5.41) is 9.17. The normalized spacial score (nSPS) is 10.6. The molecule has 0 saturated heterocycles. The van der Waals surface area contributed by atoms with Crippen LogP contribution in [0.1, 0.15) is 17.5 Å². The maximum Gasteiger partial charge on any atom is 0.329 e. The summed E-state index contributed by atoms with van der Waals surface area (Å²) in [6, 6.07) is 12.2. The molecule has 3 amide bonds. The smallest absolute Gasteiger partial charge is 0.329 e. The number of methoxy groups -OCH3 is 1. The molecule has 32 heavy (non-hydrogen) atoms. The predicted molar refractivity (Wildman–Crippen MR) is 122 cm³/mol. The Labute approximate surface area is 191 Å². The zero-order chi connectivity index (χ0) is 23.3. The van der Waals surface area contributed by atoms with Gasteiger partial charge in [-0.1, -0.05) is 29.3 Å². The summed E-state index contributed by atoms with van der Waals surface area (Å²) >= 11 is 6.19. The highest BCUT2D eigenvalue weighted by atomic mass is 35.5. The third-order valence-electron chi connectivity index (χ3n) is 4.05. The number of aryl methyl sites for hydroxylation is 1. The van der Waals surface area contributed by atoms with Crippen LogP contribution in [0, 0.1) is 6.92 Å². The summed E-state index contributed by atoms with van der Waals surface area (Å²) in [6.07, 6.45) is 1.93. The molecule has 0 aliphatic carbocycles. The molecule has 2 rings (SSSR count). The van der Waals surface area contributed by atoms with E-state index in [2.05, 4.69) is 21.2 Å². The summed E-state index contributed by atoms with van der Waals surface area (Å²) in [5.74, 6) is -1.67. The van der Waals surface area contributed by atoms with E-state index in [1.54, 1.807) is 37.4 Å². The number of carbonyl (C=O) groups is 3. The quantitative estimate of drug-likeness (QED) is 0.217. The number of nitrogens with one attached hydrogen (secondary N) is 3. The van der Waals surface area contributed by atoms with Gasteiger partial charge in [-0.3, -0.25) is 14.4 Å². The first-order valence-electron chi connectivity index (χ1n) is 9.78. The van der Waals surface area contributed by atoms with Crippen LogP contribution in [0.4, 0.5) is 5.69 Å². The van der Waals surface area contributed by atoms with Gasteiger partial charge in [-0.15, -0.1) is 0 Å². The molecule has 0 unspecified atom stereocenters. The number of ether oxygens (including phenoxy) is 2. The van der Waals surface area contributed by atoms with Gasteiger partial charge in [-0.05, 0) is 49.2 Å². The average Bonchev–Trinajstić information content (AvgIpc) is 2.77. The van der Waals surface area contributed by atoms with E-state index >= 15 is 0 Å². The monoisotopic (exact) mass is 460 g/mol. The molecular weight excluding hydrogens is 436 g/mol. The van der Waals surface area contributed by atoms with Crippen LogP contribution in [0.25, 0.3) is 0 Å². The number of amides is 3. The molecular formula is C22H25ClN4O5. The SMILES string of the molecule is COCCCNC(=O)C(=O)N/N=C\c1ccc(OCC(=O)Nc2ccc(C)cc2)c(Cl)c1. The molecule has 3 N–H and O–H groups in total. The zero-order valence-corrected chi connectivity index (χ0v) is 18.6. The Morgan fingerprint density at radius 2 is 1.84 bits per heavy atom. The van der Waals surface area contributed by atoms with Gasteiger partial charge in [0.15, 0.2) is 6.61 Å². The van der Waals surface area contributed by atoms with Crippen LogP contribution >= 0.6 is 11.6 Å². The molecule has 0 saturated carbocycles. The van der Waals surface area contributed by atoms with Crippen molar-refractivity contribution < 1.29 is 23.9 Å². The lowest BCUT2D eigenvalue weighted by Crippen LogP contribution is -2.38. The Hall–Kier alpha value is -3.43. The van der Waals surface area contributed by atoms with E-state index in [1.165, 1.54) is 6.21 Å². The summed E-state index contributed by atoms with van der Waals surface area (Å²) in [7, 11) is 1.55. The van der Waals surface area contributed by atoms with Crippen molar-refractivity contribution in [1.82, 2.24) is 10.7 Å². The van der Waals surface area contributed by atoms with Gasteiger partial charge < -0.3 is 20.1 Å². The number of halogens is 1. The van der Waals surface area contributed by atoms with Gasteiger partial charge in [0.1, 0.15) is 5.75 Å². The summed E-state index contributed by atoms with van der Waals surface area (Å²) in [4.78, 5) is 35.3. The molecule has 0 radical (unpaired) electrons. The van der Waals surface area contributed by atoms with E-state index in [4.69, 9.17) is 21.1 Å². The van der Waals surface area contributed by atoms with Gasteiger partial charge in [0, 0.05) is 25.9 Å². The van der Waals surface area contributed by atoms with E-state index in [-0.39, 0.29) is 17.5 Å². The van der Waals surface area contributed by atoms with Gasteiger partial charge in [0.25, 0.3) is 5.91 Å². The van der Waals surface area contributed by atoms with Crippen molar-refractivity contribution >= 4 is 41.2 Å². The van der Waals surface area contributed by atoms with Crippen LogP contribution in [0.15, 0.2) is 47.6 Å². The highest BCUT2D eigenvalue weighted by Gasteiger charge is 2.11. The number of hydrazone groups is 1. The third kappa shape index (κ3) is 8.75. The van der Waals surface area contributed by atoms with E-state index in [0.29, 0.717) is 36.6 Å². The minimum atomic E-state index is -0.885. The lowest BCUT2D eigenvalue weighted by molar-refractivity contribution is -0.139. The van der Waals surface area contributed by atoms with Gasteiger partial charge in [0.2, 0.25) is 0 Å². The molecule has 0 aliphatic heterocycles. The second kappa shape index (κ2) is 13.1. The number of carbonyl (C=O) groups excluding carboxylic acids is 3. The van der Waals surface area contributed by atoms with Crippen molar-refractivity contribution in [2.75, 3.05) is 32.2 Å². The minimum absolute atomic E-state index is 0.212. The standard InChI is InChI=1S/C22H25ClN4O5/c1-15-4-7-17(8-5-15)26-20(28)14-32-19-9-6-16(12-18(19)23)13-25-27-22(30)21(29)24-10-3-11-31-2/h4-9,12-13H,3,10-11,14H2,1-2H3,(H,24,29)(H,26,28)(H,27,30)/b25-13-. The van der Waals surface area contributed by atoms with Crippen LogP contribution in [0.5, 0.6) is 5.75 Å². The van der Waals surface area contributed by atoms with Crippen LogP contribution in [0.2, 0.25) is 5.02 Å². The Kier molecular flexibility index (Phi) is 10.2. The highest BCUT2D eigenvalue weighted by molar-refractivity contribution is 6.35. The Bertz CT molecular complexity index is 963. The Morgan fingerprint density at radius 1 is 1.09 bits per heavy atom. The molecule has 0 spiro atoms. The molecule has 0 aliphatic rings. The second-order valence-corrected chi connectivity index (χ2v) is 7.10. The summed E-state index contributed by atoms with van der Waals surface area (Å²) in [5.41, 5.74) is 4.46. The molecule has 0 atom stereocenters. The largest absolute Gasteiger partial charge is 0.482 e. The van der Waals surface area contributed by atoms with E-state index in [0.717, 1.165) is 5.56 Å². The van der Waals surface area contributed by atoms with Crippen LogP contribution < -0.4 is 20.8 Å². The lowest BCUT2D eigenvalue weighted by Gasteiger charge is -2.09. The van der Waals surface area contributed by atoms with Crippen LogP contribution in [0.3, 0.4) is 0 Å². The average molecular weight is 461 g/mol. The fourth-order valence-corrected chi connectivity index (χ4v) is 2.65. The fraction of sp³-hybridized carbons (Fsp3) is 0.273. The lowest BCUT2D eigenvalue weighted by atomic mass is 10.2. The molecule has 0 aromatic heterocycles. The molecule has 10 heteroatoms. The molecule has 2 aromatic rings.